The zero-order chi connectivity index (χ0) is 24.6. The van der Waals surface area contributed by atoms with Crippen molar-refractivity contribution in [2.24, 2.45) is 0 Å². The number of halogens is 1. The average Bonchev–Trinajstić information content (AvgIpc) is 3.28. The van der Waals surface area contributed by atoms with Gasteiger partial charge in [0.2, 0.25) is 11.8 Å². The molecule has 35 heavy (non-hydrogen) atoms. The van der Waals surface area contributed by atoms with Gasteiger partial charge in [0.1, 0.15) is 18.1 Å². The molecule has 0 unspecified atom stereocenters. The topological polar surface area (TPSA) is 102 Å². The number of hydrogen-bond donors (Lipinski definition) is 1. The molecule has 1 atom stereocenters. The van der Waals surface area contributed by atoms with Crippen LogP contribution >= 0.6 is 11.6 Å². The molecule has 9 nitrogen and oxygen atoms in total. The Morgan fingerprint density at radius 2 is 1.83 bits per heavy atom. The van der Waals surface area contributed by atoms with E-state index in [1.807, 2.05) is 42.5 Å². The first-order valence-corrected chi connectivity index (χ1v) is 11.4. The largest absolute Gasteiger partial charge is 0.383 e. The van der Waals surface area contributed by atoms with E-state index in [2.05, 4.69) is 20.6 Å². The van der Waals surface area contributed by atoms with Crippen LogP contribution in [0.1, 0.15) is 17.2 Å². The number of carbonyl (C=O) groups excluding carboxylic acids is 2. The standard InChI is InChI=1S/C25H25ClN6O3/c1-35-15-14-28-25(34)24(18-10-12-27-13-11-18)31(16-19-6-2-3-7-20(19)26)23(33)17-32-22-9-5-4-8-21(22)29-30-32/h2-13,24H,14-17H2,1H3,(H,28,34)/t24-/m1/s1. The van der Waals surface area contributed by atoms with E-state index in [9.17, 15) is 9.59 Å². The van der Waals surface area contributed by atoms with Gasteiger partial charge in [0, 0.05) is 37.6 Å². The average molecular weight is 493 g/mol. The van der Waals surface area contributed by atoms with E-state index >= 15 is 0 Å². The highest BCUT2D eigenvalue weighted by Gasteiger charge is 2.32. The monoisotopic (exact) mass is 492 g/mol. The quantitative estimate of drug-likeness (QED) is 0.341. The number of hydrogen-bond acceptors (Lipinski definition) is 6. The maximum absolute atomic E-state index is 13.8. The van der Waals surface area contributed by atoms with Crippen molar-refractivity contribution < 1.29 is 14.3 Å². The number of ether oxygens (including phenoxy) is 1. The van der Waals surface area contributed by atoms with Gasteiger partial charge < -0.3 is 15.0 Å². The molecule has 0 aliphatic rings. The second-order valence-corrected chi connectivity index (χ2v) is 8.22. The Morgan fingerprint density at radius 1 is 1.09 bits per heavy atom. The third kappa shape index (κ3) is 5.82. The maximum Gasteiger partial charge on any atom is 0.247 e. The lowest BCUT2D eigenvalue weighted by Gasteiger charge is -2.31. The summed E-state index contributed by atoms with van der Waals surface area (Å²) in [6, 6.07) is 17.2. The number of amides is 2. The van der Waals surface area contributed by atoms with E-state index in [-0.39, 0.29) is 24.9 Å². The van der Waals surface area contributed by atoms with Gasteiger partial charge in [-0.2, -0.15) is 0 Å². The summed E-state index contributed by atoms with van der Waals surface area (Å²) in [5.41, 5.74) is 2.75. The van der Waals surface area contributed by atoms with Gasteiger partial charge in [-0.1, -0.05) is 47.1 Å². The number of para-hydroxylation sites is 1. The Balaban J connectivity index is 1.72. The summed E-state index contributed by atoms with van der Waals surface area (Å²) in [5, 5.41) is 11.6. The number of nitrogens with zero attached hydrogens (tertiary/aromatic N) is 5. The Morgan fingerprint density at radius 3 is 2.60 bits per heavy atom. The van der Waals surface area contributed by atoms with Crippen LogP contribution in [-0.2, 0) is 27.4 Å². The minimum atomic E-state index is -0.923. The van der Waals surface area contributed by atoms with E-state index in [0.717, 1.165) is 11.1 Å². The van der Waals surface area contributed by atoms with E-state index in [1.165, 1.54) is 9.58 Å². The molecule has 0 saturated carbocycles. The first kappa shape index (κ1) is 24.3. The number of aromatic nitrogens is 4. The summed E-state index contributed by atoms with van der Waals surface area (Å²) in [6.07, 6.45) is 3.18. The van der Waals surface area contributed by atoms with Crippen LogP contribution in [0.15, 0.2) is 73.1 Å². The van der Waals surface area contributed by atoms with Gasteiger partial charge in [0.15, 0.2) is 0 Å². The van der Waals surface area contributed by atoms with Crippen molar-refractivity contribution in [3.05, 3.63) is 89.2 Å². The summed E-state index contributed by atoms with van der Waals surface area (Å²) in [5.74, 6) is -0.652. The number of rotatable bonds is 10. The molecule has 4 rings (SSSR count). The van der Waals surface area contributed by atoms with Gasteiger partial charge >= 0.3 is 0 Å². The molecule has 0 saturated heterocycles. The van der Waals surface area contributed by atoms with Crippen molar-refractivity contribution in [2.75, 3.05) is 20.3 Å². The van der Waals surface area contributed by atoms with Crippen molar-refractivity contribution in [1.29, 1.82) is 0 Å². The van der Waals surface area contributed by atoms with Crippen LogP contribution in [0.3, 0.4) is 0 Å². The second-order valence-electron chi connectivity index (χ2n) is 7.82. The molecule has 0 spiro atoms. The number of carbonyl (C=O) groups is 2. The number of nitrogens with one attached hydrogen (secondary N) is 1. The molecular weight excluding hydrogens is 468 g/mol. The van der Waals surface area contributed by atoms with Crippen LogP contribution in [0.25, 0.3) is 11.0 Å². The van der Waals surface area contributed by atoms with Gasteiger partial charge in [0.05, 0.1) is 12.1 Å². The highest BCUT2D eigenvalue weighted by atomic mass is 35.5. The van der Waals surface area contributed by atoms with Gasteiger partial charge in [-0.05, 0) is 41.5 Å². The SMILES string of the molecule is COCCNC(=O)[C@@H](c1ccncc1)N(Cc1ccccc1Cl)C(=O)Cn1nnc2ccccc21. The van der Waals surface area contributed by atoms with Crippen LogP contribution in [0.4, 0.5) is 0 Å². The molecule has 10 heteroatoms. The summed E-state index contributed by atoms with van der Waals surface area (Å²) in [6.45, 7) is 0.671. The maximum atomic E-state index is 13.8. The third-order valence-electron chi connectivity index (χ3n) is 5.51. The number of benzene rings is 2. The molecule has 0 fully saturated rings. The van der Waals surface area contributed by atoms with Crippen molar-refractivity contribution in [3.8, 4) is 0 Å². The highest BCUT2D eigenvalue weighted by Crippen LogP contribution is 2.26. The second kappa shape index (κ2) is 11.5. The van der Waals surface area contributed by atoms with Crippen molar-refractivity contribution in [3.63, 3.8) is 0 Å². The Bertz CT molecular complexity index is 1300. The van der Waals surface area contributed by atoms with E-state index in [4.69, 9.17) is 16.3 Å². The number of fused-ring (bicyclic) bond motifs is 1. The van der Waals surface area contributed by atoms with Crippen molar-refractivity contribution in [2.45, 2.75) is 19.1 Å². The molecule has 180 valence electrons. The van der Waals surface area contributed by atoms with Crippen molar-refractivity contribution in [1.82, 2.24) is 30.2 Å². The van der Waals surface area contributed by atoms with Crippen LogP contribution in [-0.4, -0.2) is 57.0 Å². The number of pyridine rings is 1. The molecule has 2 aromatic carbocycles. The Labute approximate surface area is 207 Å². The molecule has 0 aliphatic heterocycles. The van der Waals surface area contributed by atoms with Gasteiger partial charge in [-0.25, -0.2) is 4.68 Å². The van der Waals surface area contributed by atoms with E-state index < -0.39 is 6.04 Å². The fourth-order valence-electron chi connectivity index (χ4n) is 3.78. The normalized spacial score (nSPS) is 11.8. The zero-order valence-electron chi connectivity index (χ0n) is 19.2. The molecule has 0 bridgehead atoms. The van der Waals surface area contributed by atoms with Gasteiger partial charge in [0.25, 0.3) is 0 Å². The Kier molecular flexibility index (Phi) is 8.02. The summed E-state index contributed by atoms with van der Waals surface area (Å²) >= 11 is 6.43. The third-order valence-corrected chi connectivity index (χ3v) is 5.88. The van der Waals surface area contributed by atoms with Gasteiger partial charge in [-0.15, -0.1) is 5.10 Å². The lowest BCUT2D eigenvalue weighted by molar-refractivity contribution is -0.142. The lowest BCUT2D eigenvalue weighted by atomic mass is 10.0. The fourth-order valence-corrected chi connectivity index (χ4v) is 3.97. The Hall–Kier alpha value is -3.82. The highest BCUT2D eigenvalue weighted by molar-refractivity contribution is 6.31. The first-order valence-electron chi connectivity index (χ1n) is 11.1. The number of methoxy groups -OCH3 is 1. The van der Waals surface area contributed by atoms with Crippen LogP contribution in [0.2, 0.25) is 5.02 Å². The lowest BCUT2D eigenvalue weighted by Crippen LogP contribution is -2.45. The van der Waals surface area contributed by atoms with Crippen molar-refractivity contribution >= 4 is 34.4 Å². The summed E-state index contributed by atoms with van der Waals surface area (Å²) < 4.78 is 6.60. The predicted octanol–water partition coefficient (Wildman–Crippen LogP) is 3.01. The first-order chi connectivity index (χ1) is 17.1. The van der Waals surface area contributed by atoms with Crippen LogP contribution in [0, 0.1) is 0 Å². The van der Waals surface area contributed by atoms with E-state index in [1.54, 1.807) is 37.7 Å². The minimum Gasteiger partial charge on any atom is -0.383 e. The van der Waals surface area contributed by atoms with Gasteiger partial charge in [-0.3, -0.25) is 14.6 Å². The minimum absolute atomic E-state index is 0.0993. The summed E-state index contributed by atoms with van der Waals surface area (Å²) in [4.78, 5) is 32.8. The predicted molar refractivity (Wildman–Crippen MR) is 131 cm³/mol. The molecule has 4 aromatic rings. The zero-order valence-corrected chi connectivity index (χ0v) is 19.9. The molecule has 1 N–H and O–H groups in total. The molecule has 0 aliphatic carbocycles. The molecule has 2 amide bonds. The molecular formula is C25H25ClN6O3. The van der Waals surface area contributed by atoms with E-state index in [0.29, 0.717) is 29.3 Å². The fraction of sp³-hybridized carbons (Fsp3) is 0.240. The summed E-state index contributed by atoms with van der Waals surface area (Å²) in [7, 11) is 1.56. The molecule has 0 radical (unpaired) electrons. The smallest absolute Gasteiger partial charge is 0.247 e. The molecule has 2 aromatic heterocycles. The molecule has 2 heterocycles. The van der Waals surface area contributed by atoms with Crippen LogP contribution < -0.4 is 5.32 Å². The van der Waals surface area contributed by atoms with Crippen LogP contribution in [0.5, 0.6) is 0 Å².